The standard InChI is InChI=1S/C37H42N6O2S/c1-4-5-10-28-15-17-30(18-16-28)36(45)42-21-20-41(24-27(42)3)33(44)13-9-22-46-37-38-35-34(39-40-37)31-23-26(2)14-19-32(31)43(35)25-29-11-7-6-8-12-29/h6-8,11-12,14-19,23,27H,4-5,9-10,13,20-22,24-25H2,1-3H3. The molecule has 0 N–H and O–H groups in total. The SMILES string of the molecule is CCCCc1ccc(C(=O)N2CCN(C(=O)CCCSc3nnc4c5cc(C)ccc5n(Cc5ccccc5)c4n3)CC2C)cc1. The Labute approximate surface area is 275 Å². The molecule has 1 saturated heterocycles. The maximum absolute atomic E-state index is 13.2. The molecule has 2 aromatic heterocycles. The zero-order chi connectivity index (χ0) is 32.0. The van der Waals surface area contributed by atoms with Crippen molar-refractivity contribution < 1.29 is 9.59 Å². The molecule has 9 heteroatoms. The van der Waals surface area contributed by atoms with Gasteiger partial charge in [-0.25, -0.2) is 4.98 Å². The van der Waals surface area contributed by atoms with Crippen LogP contribution in [0.1, 0.15) is 66.6 Å². The fourth-order valence-corrected chi connectivity index (χ4v) is 6.95. The number of nitrogens with zero attached hydrogens (tertiary/aromatic N) is 6. The van der Waals surface area contributed by atoms with E-state index in [9.17, 15) is 9.59 Å². The number of aryl methyl sites for hydroxylation is 2. The maximum Gasteiger partial charge on any atom is 0.254 e. The van der Waals surface area contributed by atoms with Gasteiger partial charge in [-0.2, -0.15) is 0 Å². The third kappa shape index (κ3) is 7.09. The van der Waals surface area contributed by atoms with Crippen LogP contribution in [0.5, 0.6) is 0 Å². The van der Waals surface area contributed by atoms with E-state index in [0.717, 1.165) is 53.5 Å². The van der Waals surface area contributed by atoms with Crippen LogP contribution in [0, 0.1) is 6.92 Å². The number of piperazine rings is 1. The van der Waals surface area contributed by atoms with Gasteiger partial charge in [0.15, 0.2) is 5.65 Å². The molecule has 1 unspecified atom stereocenters. The quantitative estimate of drug-likeness (QED) is 0.116. The van der Waals surface area contributed by atoms with Gasteiger partial charge >= 0.3 is 0 Å². The van der Waals surface area contributed by atoms with Crippen LogP contribution in [0.2, 0.25) is 0 Å². The second kappa shape index (κ2) is 14.5. The van der Waals surface area contributed by atoms with Crippen LogP contribution in [0.25, 0.3) is 22.1 Å². The Morgan fingerprint density at radius 2 is 1.74 bits per heavy atom. The van der Waals surface area contributed by atoms with Gasteiger partial charge in [0.2, 0.25) is 11.1 Å². The molecule has 238 valence electrons. The smallest absolute Gasteiger partial charge is 0.254 e. The van der Waals surface area contributed by atoms with Crippen LogP contribution in [-0.4, -0.2) is 72.8 Å². The number of carbonyl (C=O) groups excluding carboxylic acids is 2. The minimum Gasteiger partial charge on any atom is -0.339 e. The lowest BCUT2D eigenvalue weighted by atomic mass is 10.0. The van der Waals surface area contributed by atoms with Crippen molar-refractivity contribution in [2.24, 2.45) is 0 Å². The van der Waals surface area contributed by atoms with E-state index in [1.807, 2.05) is 34.9 Å². The van der Waals surface area contributed by atoms with Crippen molar-refractivity contribution in [1.82, 2.24) is 29.5 Å². The Balaban J connectivity index is 1.03. The highest BCUT2D eigenvalue weighted by Crippen LogP contribution is 2.29. The summed E-state index contributed by atoms with van der Waals surface area (Å²) in [7, 11) is 0. The molecule has 3 heterocycles. The molecule has 6 rings (SSSR count). The largest absolute Gasteiger partial charge is 0.339 e. The molecule has 8 nitrogen and oxygen atoms in total. The highest BCUT2D eigenvalue weighted by atomic mass is 32.2. The normalized spacial score (nSPS) is 15.2. The maximum atomic E-state index is 13.2. The highest BCUT2D eigenvalue weighted by Gasteiger charge is 2.30. The lowest BCUT2D eigenvalue weighted by molar-refractivity contribution is -0.133. The number of hydrogen-bond donors (Lipinski definition) is 0. The molecule has 0 saturated carbocycles. The van der Waals surface area contributed by atoms with Gasteiger partial charge in [-0.05, 0) is 68.5 Å². The fraction of sp³-hybridized carbons (Fsp3) is 0.378. The zero-order valence-electron chi connectivity index (χ0n) is 27.0. The number of aromatic nitrogens is 4. The second-order valence-electron chi connectivity index (χ2n) is 12.3. The summed E-state index contributed by atoms with van der Waals surface area (Å²) in [5.41, 5.74) is 7.08. The number of hydrogen-bond acceptors (Lipinski definition) is 6. The molecule has 0 spiro atoms. The molecule has 3 aromatic carbocycles. The van der Waals surface area contributed by atoms with Gasteiger partial charge in [0.05, 0.1) is 5.52 Å². The summed E-state index contributed by atoms with van der Waals surface area (Å²) in [6.07, 6.45) is 4.52. The van der Waals surface area contributed by atoms with E-state index in [4.69, 9.17) is 4.98 Å². The predicted molar refractivity (Wildman–Crippen MR) is 185 cm³/mol. The molecule has 46 heavy (non-hydrogen) atoms. The molecule has 0 bridgehead atoms. The van der Waals surface area contributed by atoms with Gasteiger partial charge < -0.3 is 14.4 Å². The Kier molecular flexibility index (Phi) is 9.97. The molecule has 5 aromatic rings. The third-order valence-corrected chi connectivity index (χ3v) is 9.74. The van der Waals surface area contributed by atoms with Gasteiger partial charge in [0.1, 0.15) is 5.52 Å². The van der Waals surface area contributed by atoms with Crippen LogP contribution in [0.15, 0.2) is 78.0 Å². The van der Waals surface area contributed by atoms with E-state index in [2.05, 4.69) is 83.2 Å². The third-order valence-electron chi connectivity index (χ3n) is 8.81. The van der Waals surface area contributed by atoms with Crippen molar-refractivity contribution >= 4 is 45.6 Å². The number of unbranched alkanes of at least 4 members (excludes halogenated alkanes) is 1. The first kappa shape index (κ1) is 31.7. The Bertz CT molecular complexity index is 1820. The van der Waals surface area contributed by atoms with Crippen molar-refractivity contribution in [2.45, 2.75) is 70.6 Å². The van der Waals surface area contributed by atoms with Crippen molar-refractivity contribution in [3.8, 4) is 0 Å². The Hall–Kier alpha value is -4.24. The molecule has 0 aliphatic carbocycles. The number of amides is 2. The van der Waals surface area contributed by atoms with Crippen molar-refractivity contribution in [1.29, 1.82) is 0 Å². The van der Waals surface area contributed by atoms with E-state index >= 15 is 0 Å². The average molecular weight is 635 g/mol. The van der Waals surface area contributed by atoms with E-state index in [-0.39, 0.29) is 17.9 Å². The Morgan fingerprint density at radius 1 is 0.935 bits per heavy atom. The number of rotatable bonds is 11. The first-order valence-corrected chi connectivity index (χ1v) is 17.4. The van der Waals surface area contributed by atoms with E-state index in [0.29, 0.717) is 43.3 Å². The molecule has 1 fully saturated rings. The van der Waals surface area contributed by atoms with Crippen LogP contribution in [0.4, 0.5) is 0 Å². The number of fused-ring (bicyclic) bond motifs is 3. The summed E-state index contributed by atoms with van der Waals surface area (Å²) in [5, 5.41) is 10.7. The summed E-state index contributed by atoms with van der Waals surface area (Å²) in [4.78, 5) is 35.1. The van der Waals surface area contributed by atoms with Crippen molar-refractivity contribution in [3.05, 3.63) is 95.1 Å². The first-order valence-electron chi connectivity index (χ1n) is 16.4. The van der Waals surface area contributed by atoms with Gasteiger partial charge in [-0.1, -0.05) is 79.2 Å². The van der Waals surface area contributed by atoms with E-state index < -0.39 is 0 Å². The molecule has 1 aliphatic heterocycles. The number of carbonyl (C=O) groups is 2. The number of thioether (sulfide) groups is 1. The average Bonchev–Trinajstić information content (AvgIpc) is 3.37. The highest BCUT2D eigenvalue weighted by molar-refractivity contribution is 7.99. The summed E-state index contributed by atoms with van der Waals surface area (Å²) < 4.78 is 2.22. The fourth-order valence-electron chi connectivity index (χ4n) is 6.23. The summed E-state index contributed by atoms with van der Waals surface area (Å²) >= 11 is 1.54. The monoisotopic (exact) mass is 634 g/mol. The summed E-state index contributed by atoms with van der Waals surface area (Å²) in [6, 6.07) is 24.8. The summed E-state index contributed by atoms with van der Waals surface area (Å²) in [5.74, 6) is 0.897. The minimum absolute atomic E-state index is 0.0306. The van der Waals surface area contributed by atoms with Gasteiger partial charge in [0.25, 0.3) is 5.91 Å². The van der Waals surface area contributed by atoms with E-state index in [1.165, 1.54) is 28.5 Å². The molecular formula is C37H42N6O2S. The molecule has 1 atom stereocenters. The van der Waals surface area contributed by atoms with Gasteiger partial charge in [-0.3, -0.25) is 9.59 Å². The molecular weight excluding hydrogens is 593 g/mol. The Morgan fingerprint density at radius 3 is 2.50 bits per heavy atom. The van der Waals surface area contributed by atoms with Crippen molar-refractivity contribution in [3.63, 3.8) is 0 Å². The molecule has 0 radical (unpaired) electrons. The lowest BCUT2D eigenvalue weighted by Gasteiger charge is -2.40. The van der Waals surface area contributed by atoms with Crippen LogP contribution in [0.3, 0.4) is 0 Å². The molecule has 2 amide bonds. The van der Waals surface area contributed by atoms with Gasteiger partial charge in [0, 0.05) is 55.3 Å². The minimum atomic E-state index is -0.0306. The van der Waals surface area contributed by atoms with Crippen LogP contribution in [-0.2, 0) is 17.8 Å². The molecule has 1 aliphatic rings. The summed E-state index contributed by atoms with van der Waals surface area (Å²) in [6.45, 7) is 8.66. The second-order valence-corrected chi connectivity index (χ2v) is 13.4. The van der Waals surface area contributed by atoms with Crippen molar-refractivity contribution in [2.75, 3.05) is 25.4 Å². The topological polar surface area (TPSA) is 84.2 Å². The predicted octanol–water partition coefficient (Wildman–Crippen LogP) is 6.92. The lowest BCUT2D eigenvalue weighted by Crippen LogP contribution is -2.55. The van der Waals surface area contributed by atoms with Gasteiger partial charge in [-0.15, -0.1) is 10.2 Å². The van der Waals surface area contributed by atoms with Crippen LogP contribution < -0.4 is 0 Å². The first-order chi connectivity index (χ1) is 22.4. The number of benzene rings is 3. The zero-order valence-corrected chi connectivity index (χ0v) is 27.8. The van der Waals surface area contributed by atoms with Crippen LogP contribution >= 0.6 is 11.8 Å². The van der Waals surface area contributed by atoms with E-state index in [1.54, 1.807) is 0 Å².